The Hall–Kier alpha value is -0.0200. The van der Waals surface area contributed by atoms with Gasteiger partial charge in [-0.1, -0.05) is 0 Å². The van der Waals surface area contributed by atoms with Crippen LogP contribution in [0, 0.1) is 13.8 Å². The van der Waals surface area contributed by atoms with Crippen LogP contribution in [0.5, 0.6) is 0 Å². The number of rotatable bonds is 2. The second kappa shape index (κ2) is 3.39. The van der Waals surface area contributed by atoms with E-state index in [1.807, 2.05) is 6.92 Å². The number of aryl methyl sites for hydroxylation is 3. The lowest BCUT2D eigenvalue weighted by Gasteiger charge is -1.85. The summed E-state index contributed by atoms with van der Waals surface area (Å²) in [6, 6.07) is 0. The van der Waals surface area contributed by atoms with Crippen LogP contribution >= 0.6 is 24.0 Å². The normalized spacial score (nSPS) is 10.3. The number of thiazole rings is 1. The number of thiol groups is 1. The minimum absolute atomic E-state index is 0.895. The average Bonchev–Trinajstić information content (AvgIpc) is 2.14. The maximum Gasteiger partial charge on any atom is 0.0938 e. The Kier molecular flexibility index (Phi) is 2.74. The van der Waals surface area contributed by atoms with Crippen molar-refractivity contribution in [1.82, 2.24) is 4.98 Å². The molecular weight excluding hydrogens is 162 g/mol. The fourth-order valence-electron chi connectivity index (χ4n) is 0.742. The molecule has 0 spiro atoms. The van der Waals surface area contributed by atoms with Crippen LogP contribution in [-0.2, 0) is 6.42 Å². The van der Waals surface area contributed by atoms with E-state index in [1.54, 1.807) is 11.3 Å². The predicted octanol–water partition coefficient (Wildman–Crippen LogP) is 2.23. The molecule has 56 valence electrons. The molecule has 1 aromatic rings. The summed E-state index contributed by atoms with van der Waals surface area (Å²) < 4.78 is 0. The van der Waals surface area contributed by atoms with Crippen molar-refractivity contribution in [3.8, 4) is 0 Å². The van der Waals surface area contributed by atoms with Crippen LogP contribution in [0.4, 0.5) is 0 Å². The Morgan fingerprint density at radius 2 is 2.20 bits per heavy atom. The first-order valence-corrected chi connectivity index (χ1v) is 4.72. The molecule has 1 aromatic heterocycles. The lowest BCUT2D eigenvalue weighted by molar-refractivity contribution is 1.07. The lowest BCUT2D eigenvalue weighted by Crippen LogP contribution is -1.83. The highest BCUT2D eigenvalue weighted by atomic mass is 32.1. The Morgan fingerprint density at radius 3 is 2.60 bits per heavy atom. The third kappa shape index (κ3) is 1.73. The third-order valence-corrected chi connectivity index (χ3v) is 2.75. The number of hydrogen-bond acceptors (Lipinski definition) is 3. The molecule has 1 nitrogen and oxygen atoms in total. The molecule has 0 amide bonds. The Labute approximate surface area is 70.9 Å². The minimum atomic E-state index is 0.895. The first kappa shape index (κ1) is 8.08. The van der Waals surface area contributed by atoms with Gasteiger partial charge in [0.2, 0.25) is 0 Å². The van der Waals surface area contributed by atoms with E-state index in [2.05, 4.69) is 24.5 Å². The molecule has 0 saturated carbocycles. The van der Waals surface area contributed by atoms with Crippen LogP contribution in [0.1, 0.15) is 15.6 Å². The second-order valence-corrected chi connectivity index (χ2v) is 3.96. The fraction of sp³-hybridized carbons (Fsp3) is 0.571. The zero-order valence-corrected chi connectivity index (χ0v) is 7.93. The van der Waals surface area contributed by atoms with E-state index in [1.165, 1.54) is 15.6 Å². The average molecular weight is 173 g/mol. The van der Waals surface area contributed by atoms with Crippen LogP contribution in [0.2, 0.25) is 0 Å². The molecule has 0 aliphatic heterocycles. The van der Waals surface area contributed by atoms with E-state index in [-0.39, 0.29) is 0 Å². The molecule has 0 radical (unpaired) electrons. The summed E-state index contributed by atoms with van der Waals surface area (Å²) >= 11 is 5.92. The van der Waals surface area contributed by atoms with Gasteiger partial charge in [-0.15, -0.1) is 11.3 Å². The van der Waals surface area contributed by atoms with Crippen LogP contribution in [-0.4, -0.2) is 10.7 Å². The third-order valence-electron chi connectivity index (χ3n) is 1.40. The zero-order chi connectivity index (χ0) is 7.56. The van der Waals surface area contributed by atoms with Crippen molar-refractivity contribution in [3.05, 3.63) is 15.6 Å². The molecule has 1 rings (SSSR count). The van der Waals surface area contributed by atoms with Crippen LogP contribution in [0.15, 0.2) is 0 Å². The van der Waals surface area contributed by atoms with E-state index < -0.39 is 0 Å². The molecule has 0 aliphatic rings. The Balaban J connectivity index is 2.77. The van der Waals surface area contributed by atoms with Gasteiger partial charge in [-0.25, -0.2) is 4.98 Å². The standard InChI is InChI=1S/C7H11NS2/c1-5-6(2)10-7(8-5)3-4-9/h9H,3-4H2,1-2H3. The van der Waals surface area contributed by atoms with Crippen molar-refractivity contribution in [3.63, 3.8) is 0 Å². The van der Waals surface area contributed by atoms with Crippen molar-refractivity contribution < 1.29 is 0 Å². The molecule has 3 heteroatoms. The topological polar surface area (TPSA) is 12.9 Å². The Morgan fingerprint density at radius 1 is 1.50 bits per heavy atom. The van der Waals surface area contributed by atoms with Gasteiger partial charge in [0.1, 0.15) is 0 Å². The Bertz CT molecular complexity index is 198. The molecule has 0 aliphatic carbocycles. The molecule has 0 fully saturated rings. The summed E-state index contributed by atoms with van der Waals surface area (Å²) in [5.41, 5.74) is 1.17. The summed E-state index contributed by atoms with van der Waals surface area (Å²) in [7, 11) is 0. The predicted molar refractivity (Wildman–Crippen MR) is 49.1 cm³/mol. The maximum absolute atomic E-state index is 4.37. The summed E-state index contributed by atoms with van der Waals surface area (Å²) in [5.74, 6) is 0.895. The summed E-state index contributed by atoms with van der Waals surface area (Å²) in [6.07, 6.45) is 1.00. The van der Waals surface area contributed by atoms with Crippen LogP contribution in [0.25, 0.3) is 0 Å². The van der Waals surface area contributed by atoms with Gasteiger partial charge in [-0.3, -0.25) is 0 Å². The van der Waals surface area contributed by atoms with E-state index in [9.17, 15) is 0 Å². The van der Waals surface area contributed by atoms with Gasteiger partial charge in [0.15, 0.2) is 0 Å². The molecule has 0 atom stereocenters. The van der Waals surface area contributed by atoms with Gasteiger partial charge in [0, 0.05) is 11.3 Å². The van der Waals surface area contributed by atoms with Gasteiger partial charge >= 0.3 is 0 Å². The summed E-state index contributed by atoms with van der Waals surface area (Å²) in [5, 5.41) is 1.21. The van der Waals surface area contributed by atoms with Crippen molar-refractivity contribution in [2.75, 3.05) is 5.75 Å². The molecule has 0 saturated heterocycles. The minimum Gasteiger partial charge on any atom is -0.246 e. The highest BCUT2D eigenvalue weighted by molar-refractivity contribution is 7.80. The molecule has 0 aromatic carbocycles. The monoisotopic (exact) mass is 173 g/mol. The van der Waals surface area contributed by atoms with Gasteiger partial charge in [0.25, 0.3) is 0 Å². The maximum atomic E-state index is 4.37. The SMILES string of the molecule is Cc1nc(CCS)sc1C. The van der Waals surface area contributed by atoms with E-state index in [0.717, 1.165) is 12.2 Å². The second-order valence-electron chi connectivity index (χ2n) is 2.22. The largest absolute Gasteiger partial charge is 0.246 e. The number of hydrogen-bond donors (Lipinski definition) is 1. The van der Waals surface area contributed by atoms with Gasteiger partial charge in [0.05, 0.1) is 10.7 Å². The number of aromatic nitrogens is 1. The van der Waals surface area contributed by atoms with E-state index in [0.29, 0.717) is 0 Å². The van der Waals surface area contributed by atoms with Gasteiger partial charge in [-0.05, 0) is 19.6 Å². The van der Waals surface area contributed by atoms with Crippen molar-refractivity contribution in [1.29, 1.82) is 0 Å². The van der Waals surface area contributed by atoms with Crippen molar-refractivity contribution in [2.24, 2.45) is 0 Å². The molecule has 0 unspecified atom stereocenters. The molecule has 0 bridgehead atoms. The highest BCUT2D eigenvalue weighted by Crippen LogP contribution is 2.16. The van der Waals surface area contributed by atoms with Gasteiger partial charge in [-0.2, -0.15) is 12.6 Å². The first-order valence-electron chi connectivity index (χ1n) is 3.28. The zero-order valence-electron chi connectivity index (χ0n) is 6.22. The summed E-state index contributed by atoms with van der Waals surface area (Å²) in [6.45, 7) is 4.16. The number of nitrogens with zero attached hydrogens (tertiary/aromatic N) is 1. The van der Waals surface area contributed by atoms with Gasteiger partial charge < -0.3 is 0 Å². The van der Waals surface area contributed by atoms with Crippen LogP contribution in [0.3, 0.4) is 0 Å². The van der Waals surface area contributed by atoms with E-state index in [4.69, 9.17) is 0 Å². The van der Waals surface area contributed by atoms with Crippen LogP contribution < -0.4 is 0 Å². The lowest BCUT2D eigenvalue weighted by atomic mass is 10.4. The quantitative estimate of drug-likeness (QED) is 0.677. The van der Waals surface area contributed by atoms with E-state index >= 15 is 0 Å². The molecule has 1 heterocycles. The van der Waals surface area contributed by atoms with Crippen molar-refractivity contribution >= 4 is 24.0 Å². The summed E-state index contributed by atoms with van der Waals surface area (Å²) in [4.78, 5) is 5.70. The molecule has 10 heavy (non-hydrogen) atoms. The smallest absolute Gasteiger partial charge is 0.0938 e. The molecular formula is C7H11NS2. The highest BCUT2D eigenvalue weighted by Gasteiger charge is 2.00. The fourth-order valence-corrected chi connectivity index (χ4v) is 2.04. The van der Waals surface area contributed by atoms with Crippen molar-refractivity contribution in [2.45, 2.75) is 20.3 Å². The first-order chi connectivity index (χ1) is 4.74. The molecule has 0 N–H and O–H groups in total.